The number of aliphatic hydroxyl groups excluding tert-OH is 1. The minimum absolute atomic E-state index is 0.266. The topological polar surface area (TPSA) is 61.3 Å². The number of hydrogen-bond acceptors (Lipinski definition) is 5. The molecule has 0 aromatic carbocycles. The summed E-state index contributed by atoms with van der Waals surface area (Å²) in [6.07, 6.45) is 14.0. The van der Waals surface area contributed by atoms with Crippen LogP contribution >= 0.6 is 0 Å². The fourth-order valence-corrected chi connectivity index (χ4v) is 3.70. The molecule has 0 spiro atoms. The molecule has 3 rings (SSSR count). The van der Waals surface area contributed by atoms with Crippen LogP contribution in [0, 0.1) is 5.92 Å². The van der Waals surface area contributed by atoms with Crippen LogP contribution in [0.5, 0.6) is 0 Å². The van der Waals surface area contributed by atoms with Crippen molar-refractivity contribution < 1.29 is 5.11 Å². The Bertz CT molecular complexity index is 546. The summed E-state index contributed by atoms with van der Waals surface area (Å²) in [5, 5.41) is 12.8. The van der Waals surface area contributed by atoms with Crippen LogP contribution < -0.4 is 10.2 Å². The maximum Gasteiger partial charge on any atom is 0.134 e. The Hall–Kier alpha value is -1.62. The molecule has 1 saturated heterocycles. The summed E-state index contributed by atoms with van der Waals surface area (Å²) in [4.78, 5) is 11.0. The number of hydrogen-bond donors (Lipinski definition) is 2. The molecule has 2 N–H and O–H groups in total. The highest BCUT2D eigenvalue weighted by molar-refractivity contribution is 5.48. The van der Waals surface area contributed by atoms with Gasteiger partial charge in [0.25, 0.3) is 0 Å². The van der Waals surface area contributed by atoms with Crippen LogP contribution in [0.3, 0.4) is 0 Å². The van der Waals surface area contributed by atoms with Gasteiger partial charge in [-0.2, -0.15) is 0 Å². The van der Waals surface area contributed by atoms with E-state index in [1.165, 1.54) is 32.1 Å². The van der Waals surface area contributed by atoms with Gasteiger partial charge in [0, 0.05) is 32.3 Å². The summed E-state index contributed by atoms with van der Waals surface area (Å²) >= 11 is 0. The van der Waals surface area contributed by atoms with E-state index in [1.807, 2.05) is 6.07 Å². The average Bonchev–Trinajstić information content (AvgIpc) is 2.91. The van der Waals surface area contributed by atoms with E-state index in [0.29, 0.717) is 5.92 Å². The van der Waals surface area contributed by atoms with E-state index in [0.717, 1.165) is 50.5 Å². The second-order valence-corrected chi connectivity index (χ2v) is 7.04. The molecule has 5 heteroatoms. The van der Waals surface area contributed by atoms with Crippen LogP contribution in [-0.4, -0.2) is 41.3 Å². The van der Waals surface area contributed by atoms with E-state index >= 15 is 0 Å². The van der Waals surface area contributed by atoms with Crippen molar-refractivity contribution in [3.63, 3.8) is 0 Å². The maximum absolute atomic E-state index is 9.39. The lowest BCUT2D eigenvalue weighted by molar-refractivity contribution is 0.208. The summed E-state index contributed by atoms with van der Waals surface area (Å²) in [5.74, 6) is 2.24. The highest BCUT2D eigenvalue weighted by Gasteiger charge is 2.20. The third kappa shape index (κ3) is 4.94. The lowest BCUT2D eigenvalue weighted by atomic mass is 9.99. The van der Waals surface area contributed by atoms with E-state index in [1.54, 1.807) is 11.9 Å². The van der Waals surface area contributed by atoms with Crippen molar-refractivity contribution in [2.24, 2.45) is 5.92 Å². The molecule has 1 unspecified atom stereocenters. The molecule has 0 bridgehead atoms. The minimum Gasteiger partial charge on any atom is -0.396 e. The number of allylic oxidation sites excluding steroid dienone is 1. The van der Waals surface area contributed by atoms with Gasteiger partial charge in [0.15, 0.2) is 0 Å². The third-order valence-electron chi connectivity index (χ3n) is 5.14. The van der Waals surface area contributed by atoms with Crippen LogP contribution in [-0.2, 0) is 0 Å². The van der Waals surface area contributed by atoms with Gasteiger partial charge in [0.1, 0.15) is 18.0 Å². The standard InChI is InChI=1S/C19H30N4O/c24-14-17-8-5-11-23(13-17)19-12-18(21-15-22-19)20-10-9-16-6-3-1-2-4-7-16/h6,12,15,17,24H,1-5,7-11,13-14H2,(H,20,21,22). The van der Waals surface area contributed by atoms with E-state index < -0.39 is 0 Å². The van der Waals surface area contributed by atoms with E-state index in [2.05, 4.69) is 26.3 Å². The number of rotatable bonds is 6. The predicted molar refractivity (Wildman–Crippen MR) is 98.3 cm³/mol. The number of aromatic nitrogens is 2. The van der Waals surface area contributed by atoms with Crippen LogP contribution in [0.1, 0.15) is 51.4 Å². The molecule has 0 saturated carbocycles. The van der Waals surface area contributed by atoms with Gasteiger partial charge in [-0.1, -0.05) is 18.1 Å². The number of nitrogens with zero attached hydrogens (tertiary/aromatic N) is 3. The second kappa shape index (κ2) is 9.02. The molecule has 2 aliphatic rings. The first-order valence-electron chi connectivity index (χ1n) is 9.45. The van der Waals surface area contributed by atoms with Crippen molar-refractivity contribution >= 4 is 11.6 Å². The fraction of sp³-hybridized carbons (Fsp3) is 0.684. The Morgan fingerprint density at radius 2 is 2.17 bits per heavy atom. The lowest BCUT2D eigenvalue weighted by Gasteiger charge is -2.32. The summed E-state index contributed by atoms with van der Waals surface area (Å²) in [5.41, 5.74) is 1.59. The maximum atomic E-state index is 9.39. The molecule has 2 heterocycles. The number of piperidine rings is 1. The Morgan fingerprint density at radius 3 is 3.08 bits per heavy atom. The highest BCUT2D eigenvalue weighted by Crippen LogP contribution is 2.23. The molecule has 1 fully saturated rings. The second-order valence-electron chi connectivity index (χ2n) is 7.04. The van der Waals surface area contributed by atoms with Gasteiger partial charge in [-0.05, 0) is 50.9 Å². The molecule has 24 heavy (non-hydrogen) atoms. The van der Waals surface area contributed by atoms with Crippen molar-refractivity contribution in [2.75, 3.05) is 36.5 Å². The Labute approximate surface area is 145 Å². The minimum atomic E-state index is 0.266. The summed E-state index contributed by atoms with van der Waals surface area (Å²) < 4.78 is 0. The first-order valence-corrected chi connectivity index (χ1v) is 9.45. The Morgan fingerprint density at radius 1 is 1.21 bits per heavy atom. The molecular weight excluding hydrogens is 300 g/mol. The molecule has 1 aromatic rings. The normalized spacial score (nSPS) is 22.0. The van der Waals surface area contributed by atoms with Crippen LogP contribution in [0.25, 0.3) is 0 Å². The third-order valence-corrected chi connectivity index (χ3v) is 5.14. The van der Waals surface area contributed by atoms with E-state index in [4.69, 9.17) is 0 Å². The average molecular weight is 330 g/mol. The van der Waals surface area contributed by atoms with Gasteiger partial charge in [-0.15, -0.1) is 0 Å². The van der Waals surface area contributed by atoms with Crippen molar-refractivity contribution in [3.8, 4) is 0 Å². The SMILES string of the molecule is OCC1CCCN(c2cc(NCCC3=CCCCCC3)ncn2)C1. The first-order chi connectivity index (χ1) is 11.8. The lowest BCUT2D eigenvalue weighted by Crippen LogP contribution is -2.37. The zero-order valence-electron chi connectivity index (χ0n) is 14.6. The van der Waals surface area contributed by atoms with Crippen LogP contribution in [0.2, 0.25) is 0 Å². The van der Waals surface area contributed by atoms with E-state index in [-0.39, 0.29) is 6.61 Å². The molecule has 0 amide bonds. The fourth-order valence-electron chi connectivity index (χ4n) is 3.70. The highest BCUT2D eigenvalue weighted by atomic mass is 16.3. The van der Waals surface area contributed by atoms with Gasteiger partial charge < -0.3 is 15.3 Å². The van der Waals surface area contributed by atoms with Gasteiger partial charge in [-0.3, -0.25) is 0 Å². The molecule has 0 radical (unpaired) electrons. The van der Waals surface area contributed by atoms with Gasteiger partial charge >= 0.3 is 0 Å². The Balaban J connectivity index is 1.52. The molecule has 1 aliphatic heterocycles. The zero-order valence-corrected chi connectivity index (χ0v) is 14.6. The molecule has 1 aromatic heterocycles. The summed E-state index contributed by atoms with van der Waals surface area (Å²) in [6, 6.07) is 2.04. The number of anilines is 2. The smallest absolute Gasteiger partial charge is 0.134 e. The number of nitrogens with one attached hydrogen (secondary N) is 1. The quantitative estimate of drug-likeness (QED) is 0.783. The molecule has 1 atom stereocenters. The monoisotopic (exact) mass is 330 g/mol. The van der Waals surface area contributed by atoms with E-state index in [9.17, 15) is 5.11 Å². The molecule has 1 aliphatic carbocycles. The van der Waals surface area contributed by atoms with Gasteiger partial charge in [0.05, 0.1) is 0 Å². The predicted octanol–water partition coefficient (Wildman–Crippen LogP) is 3.38. The summed E-state index contributed by atoms with van der Waals surface area (Å²) in [7, 11) is 0. The first kappa shape index (κ1) is 17.2. The van der Waals surface area contributed by atoms with Crippen molar-refractivity contribution in [2.45, 2.75) is 51.4 Å². The van der Waals surface area contributed by atoms with Crippen molar-refractivity contribution in [1.29, 1.82) is 0 Å². The van der Waals surface area contributed by atoms with Crippen molar-refractivity contribution in [1.82, 2.24) is 9.97 Å². The molecule has 5 nitrogen and oxygen atoms in total. The molecular formula is C19H30N4O. The molecule has 132 valence electrons. The van der Waals surface area contributed by atoms with Gasteiger partial charge in [-0.25, -0.2) is 9.97 Å². The number of aliphatic hydroxyl groups is 1. The zero-order chi connectivity index (χ0) is 16.6. The van der Waals surface area contributed by atoms with Gasteiger partial charge in [0.2, 0.25) is 0 Å². The van der Waals surface area contributed by atoms with Crippen LogP contribution in [0.4, 0.5) is 11.6 Å². The van der Waals surface area contributed by atoms with Crippen molar-refractivity contribution in [3.05, 3.63) is 24.0 Å². The Kier molecular flexibility index (Phi) is 6.47. The summed E-state index contributed by atoms with van der Waals surface area (Å²) in [6.45, 7) is 3.10. The largest absolute Gasteiger partial charge is 0.396 e. The van der Waals surface area contributed by atoms with Crippen LogP contribution in [0.15, 0.2) is 24.0 Å².